The van der Waals surface area contributed by atoms with E-state index in [-0.39, 0.29) is 19.8 Å². The van der Waals surface area contributed by atoms with Crippen LogP contribution in [0.3, 0.4) is 0 Å². The maximum absolute atomic E-state index is 11.5. The van der Waals surface area contributed by atoms with Gasteiger partial charge in [-0.05, 0) is 20.8 Å². The van der Waals surface area contributed by atoms with E-state index < -0.39 is 23.3 Å². The second-order valence-electron chi connectivity index (χ2n) is 2.76. The Balaban J connectivity index is 4.86. The monoisotopic (exact) mass is 244 g/mol. The summed E-state index contributed by atoms with van der Waals surface area (Å²) in [6.07, 6.45) is 0.914. The lowest BCUT2D eigenvalue weighted by Gasteiger charge is -2.05. The Kier molecular flexibility index (Phi) is 7.41. The lowest BCUT2D eigenvalue weighted by atomic mass is 10.2. The Hall–Kier alpha value is -1.85. The largest absolute Gasteiger partial charge is 0.500 e. The van der Waals surface area contributed by atoms with Gasteiger partial charge in [-0.15, -0.1) is 0 Å². The first-order valence-electron chi connectivity index (χ1n) is 5.28. The maximum Gasteiger partial charge on any atom is 0.380 e. The minimum atomic E-state index is -1.11. The van der Waals surface area contributed by atoms with E-state index in [1.54, 1.807) is 20.8 Å². The summed E-state index contributed by atoms with van der Waals surface area (Å²) in [5.41, 5.74) is -0.466. The van der Waals surface area contributed by atoms with Crippen LogP contribution in [0.15, 0.2) is 11.8 Å². The molecule has 0 aliphatic rings. The van der Waals surface area contributed by atoms with Gasteiger partial charge in [0.2, 0.25) is 0 Å². The van der Waals surface area contributed by atoms with Gasteiger partial charge in [0.05, 0.1) is 19.8 Å². The molecular weight excluding hydrogens is 228 g/mol. The fourth-order valence-electron chi connectivity index (χ4n) is 0.876. The summed E-state index contributed by atoms with van der Waals surface area (Å²) in [5.74, 6) is -3.08. The van der Waals surface area contributed by atoms with Gasteiger partial charge in [0, 0.05) is 0 Å². The summed E-state index contributed by atoms with van der Waals surface area (Å²) in [6.45, 7) is 5.23. The van der Waals surface area contributed by atoms with Crippen molar-refractivity contribution in [3.05, 3.63) is 11.8 Å². The van der Waals surface area contributed by atoms with Crippen molar-refractivity contribution >= 4 is 17.7 Å². The molecule has 96 valence electrons. The normalized spacial score (nSPS) is 10.6. The zero-order chi connectivity index (χ0) is 13.3. The molecule has 0 aliphatic heterocycles. The highest BCUT2D eigenvalue weighted by Crippen LogP contribution is 2.03. The van der Waals surface area contributed by atoms with Crippen LogP contribution >= 0.6 is 0 Å². The third-order valence-corrected chi connectivity index (χ3v) is 1.57. The molecule has 0 fully saturated rings. The molecule has 0 atom stereocenters. The number of carbonyl (C=O) groups is 3. The molecule has 0 bridgehead atoms. The Bertz CT molecular complexity index is 318. The number of hydrogen-bond donors (Lipinski definition) is 0. The van der Waals surface area contributed by atoms with Gasteiger partial charge in [0.15, 0.2) is 0 Å². The predicted molar refractivity (Wildman–Crippen MR) is 58.0 cm³/mol. The third-order valence-electron chi connectivity index (χ3n) is 1.57. The summed E-state index contributed by atoms with van der Waals surface area (Å²) >= 11 is 0. The van der Waals surface area contributed by atoms with Crippen molar-refractivity contribution in [3.63, 3.8) is 0 Å². The highest BCUT2D eigenvalue weighted by molar-refractivity contribution is 6.46. The molecule has 0 amide bonds. The number of ketones is 1. The van der Waals surface area contributed by atoms with Crippen LogP contribution in [-0.2, 0) is 28.6 Å². The molecule has 0 spiro atoms. The highest BCUT2D eigenvalue weighted by atomic mass is 16.5. The molecule has 0 N–H and O–H groups in total. The molecule has 0 aromatic rings. The second-order valence-corrected chi connectivity index (χ2v) is 2.76. The fraction of sp³-hybridized carbons (Fsp3) is 0.545. The van der Waals surface area contributed by atoms with Crippen molar-refractivity contribution in [2.75, 3.05) is 19.8 Å². The van der Waals surface area contributed by atoms with Crippen LogP contribution in [0.2, 0.25) is 0 Å². The van der Waals surface area contributed by atoms with Gasteiger partial charge in [0.1, 0.15) is 11.8 Å². The zero-order valence-electron chi connectivity index (χ0n) is 10.1. The van der Waals surface area contributed by atoms with Crippen molar-refractivity contribution in [2.45, 2.75) is 20.8 Å². The molecule has 0 radical (unpaired) electrons. The summed E-state index contributed by atoms with van der Waals surface area (Å²) in [5, 5.41) is 0. The van der Waals surface area contributed by atoms with Crippen LogP contribution in [0.25, 0.3) is 0 Å². The molecule has 0 unspecified atom stereocenters. The first kappa shape index (κ1) is 15.2. The molecule has 17 heavy (non-hydrogen) atoms. The average molecular weight is 244 g/mol. The van der Waals surface area contributed by atoms with Crippen LogP contribution in [0.5, 0.6) is 0 Å². The lowest BCUT2D eigenvalue weighted by Crippen LogP contribution is -2.25. The van der Waals surface area contributed by atoms with E-state index in [0.717, 1.165) is 6.26 Å². The highest BCUT2D eigenvalue weighted by Gasteiger charge is 2.27. The van der Waals surface area contributed by atoms with Crippen molar-refractivity contribution in [1.29, 1.82) is 0 Å². The number of carbonyl (C=O) groups excluding carboxylic acids is 3. The van der Waals surface area contributed by atoms with E-state index in [9.17, 15) is 14.4 Å². The fourth-order valence-corrected chi connectivity index (χ4v) is 0.876. The average Bonchev–Trinajstić information content (AvgIpc) is 2.30. The summed E-state index contributed by atoms with van der Waals surface area (Å²) in [4.78, 5) is 34.1. The minimum absolute atomic E-state index is 0.0509. The van der Waals surface area contributed by atoms with E-state index in [0.29, 0.717) is 0 Å². The third kappa shape index (κ3) is 5.14. The summed E-state index contributed by atoms with van der Waals surface area (Å²) < 4.78 is 14.0. The zero-order valence-corrected chi connectivity index (χ0v) is 10.1. The standard InChI is InChI=1S/C11H16O6/c1-4-15-7-8(10(13)16-5-2)9(12)11(14)17-6-3/h7H,4-6H2,1-3H3/b8-7+. The van der Waals surface area contributed by atoms with Crippen LogP contribution in [0.4, 0.5) is 0 Å². The van der Waals surface area contributed by atoms with Gasteiger partial charge < -0.3 is 14.2 Å². The van der Waals surface area contributed by atoms with Crippen molar-refractivity contribution in [1.82, 2.24) is 0 Å². The molecule has 6 heteroatoms. The minimum Gasteiger partial charge on any atom is -0.500 e. The number of rotatable bonds is 7. The van der Waals surface area contributed by atoms with E-state index in [1.807, 2.05) is 0 Å². The van der Waals surface area contributed by atoms with E-state index >= 15 is 0 Å². The summed E-state index contributed by atoms with van der Waals surface area (Å²) in [6, 6.07) is 0. The Morgan fingerprint density at radius 2 is 1.41 bits per heavy atom. The van der Waals surface area contributed by atoms with Crippen LogP contribution in [-0.4, -0.2) is 37.5 Å². The SMILES string of the molecule is CCO/C=C(/C(=O)OCC)C(=O)C(=O)OCC. The van der Waals surface area contributed by atoms with Gasteiger partial charge in [-0.3, -0.25) is 4.79 Å². The number of esters is 2. The van der Waals surface area contributed by atoms with Crippen LogP contribution in [0, 0.1) is 0 Å². The Morgan fingerprint density at radius 1 is 0.882 bits per heavy atom. The molecule has 0 aromatic carbocycles. The quantitative estimate of drug-likeness (QED) is 0.163. The maximum atomic E-state index is 11.5. The number of ether oxygens (including phenoxy) is 3. The van der Waals surface area contributed by atoms with E-state index in [2.05, 4.69) is 9.47 Å². The van der Waals surface area contributed by atoms with Gasteiger partial charge in [-0.2, -0.15) is 0 Å². The molecular formula is C11H16O6. The van der Waals surface area contributed by atoms with Gasteiger partial charge >= 0.3 is 11.9 Å². The number of hydrogen-bond acceptors (Lipinski definition) is 6. The number of Topliss-reactive ketones (excluding diaryl/α,β-unsaturated/α-hetero) is 1. The molecule has 6 nitrogen and oxygen atoms in total. The smallest absolute Gasteiger partial charge is 0.380 e. The van der Waals surface area contributed by atoms with Gasteiger partial charge in [-0.1, -0.05) is 0 Å². The second kappa shape index (κ2) is 8.32. The van der Waals surface area contributed by atoms with E-state index in [4.69, 9.17) is 4.74 Å². The van der Waals surface area contributed by atoms with Crippen molar-refractivity contribution in [3.8, 4) is 0 Å². The van der Waals surface area contributed by atoms with Gasteiger partial charge in [0.25, 0.3) is 5.78 Å². The van der Waals surface area contributed by atoms with Gasteiger partial charge in [-0.25, -0.2) is 9.59 Å². The topological polar surface area (TPSA) is 78.9 Å². The molecule has 0 aliphatic carbocycles. The van der Waals surface area contributed by atoms with Crippen LogP contribution in [0.1, 0.15) is 20.8 Å². The summed E-state index contributed by atoms with van der Waals surface area (Å²) in [7, 11) is 0. The van der Waals surface area contributed by atoms with Crippen molar-refractivity contribution in [2.24, 2.45) is 0 Å². The van der Waals surface area contributed by atoms with E-state index in [1.165, 1.54) is 0 Å². The lowest BCUT2D eigenvalue weighted by molar-refractivity contribution is -0.154. The Morgan fingerprint density at radius 3 is 1.88 bits per heavy atom. The first-order valence-corrected chi connectivity index (χ1v) is 5.28. The molecule has 0 saturated carbocycles. The van der Waals surface area contributed by atoms with Crippen LogP contribution < -0.4 is 0 Å². The molecule has 0 aromatic heterocycles. The molecule has 0 heterocycles. The first-order chi connectivity index (χ1) is 8.08. The molecule has 0 saturated heterocycles. The molecule has 0 rings (SSSR count). The van der Waals surface area contributed by atoms with Crippen molar-refractivity contribution < 1.29 is 28.6 Å². The Labute approximate surface area is 99.5 Å². The predicted octanol–water partition coefficient (Wildman–Crippen LogP) is 0.602.